The first-order valence-corrected chi connectivity index (χ1v) is 6.78. The lowest BCUT2D eigenvalue weighted by Gasteiger charge is -2.02. The van der Waals surface area contributed by atoms with E-state index < -0.39 is 10.8 Å². The van der Waals surface area contributed by atoms with Gasteiger partial charge in [-0.15, -0.1) is 10.2 Å². The first-order valence-electron chi connectivity index (χ1n) is 5.59. The smallest absolute Gasteiger partial charge is 0.287 e. The van der Waals surface area contributed by atoms with Crippen molar-refractivity contribution in [2.24, 2.45) is 0 Å². The molecule has 2 rings (SSSR count). The molecule has 0 aliphatic rings. The summed E-state index contributed by atoms with van der Waals surface area (Å²) >= 11 is 7.02. The number of halogens is 1. The lowest BCUT2D eigenvalue weighted by molar-refractivity contribution is -0.384. The van der Waals surface area contributed by atoms with Gasteiger partial charge in [-0.1, -0.05) is 29.9 Å². The van der Waals surface area contributed by atoms with Crippen LogP contribution in [0.25, 0.3) is 0 Å². The Hall–Kier alpha value is -2.06. The van der Waals surface area contributed by atoms with E-state index in [0.29, 0.717) is 5.13 Å². The van der Waals surface area contributed by atoms with Crippen LogP contribution in [-0.4, -0.2) is 21.0 Å². The Balaban J connectivity index is 2.17. The van der Waals surface area contributed by atoms with Crippen LogP contribution in [0, 0.1) is 10.1 Å². The number of nitro groups is 1. The van der Waals surface area contributed by atoms with Crippen molar-refractivity contribution in [1.29, 1.82) is 0 Å². The van der Waals surface area contributed by atoms with Gasteiger partial charge in [0.15, 0.2) is 0 Å². The summed E-state index contributed by atoms with van der Waals surface area (Å²) < 4.78 is 0. The van der Waals surface area contributed by atoms with Gasteiger partial charge < -0.3 is 0 Å². The molecule has 1 N–H and O–H groups in total. The number of amides is 1. The first kappa shape index (κ1) is 14.4. The number of benzene rings is 1. The fraction of sp³-hybridized carbons (Fsp3) is 0.182. The number of nitrogens with zero attached hydrogens (tertiary/aromatic N) is 3. The summed E-state index contributed by atoms with van der Waals surface area (Å²) in [6.45, 7) is 1.93. The second kappa shape index (κ2) is 5.93. The normalized spacial score (nSPS) is 10.3. The largest absolute Gasteiger partial charge is 0.296 e. The van der Waals surface area contributed by atoms with Gasteiger partial charge in [0.25, 0.3) is 11.6 Å². The van der Waals surface area contributed by atoms with E-state index in [1.807, 2.05) is 6.92 Å². The summed E-state index contributed by atoms with van der Waals surface area (Å²) in [5.74, 6) is -0.444. The van der Waals surface area contributed by atoms with E-state index in [1.165, 1.54) is 29.5 Å². The maximum atomic E-state index is 11.9. The van der Waals surface area contributed by atoms with Crippen molar-refractivity contribution >= 4 is 39.7 Å². The third-order valence-corrected chi connectivity index (χ3v) is 3.68. The quantitative estimate of drug-likeness (QED) is 0.691. The summed E-state index contributed by atoms with van der Waals surface area (Å²) in [6.07, 6.45) is 0.733. The molecule has 0 aliphatic heterocycles. The second-order valence-corrected chi connectivity index (χ2v) is 5.20. The summed E-state index contributed by atoms with van der Waals surface area (Å²) in [5, 5.41) is 22.0. The summed E-state index contributed by atoms with van der Waals surface area (Å²) in [5.41, 5.74) is -0.0266. The molecule has 0 saturated carbocycles. The zero-order chi connectivity index (χ0) is 14.7. The highest BCUT2D eigenvalue weighted by atomic mass is 35.5. The maximum Gasteiger partial charge on any atom is 0.287 e. The lowest BCUT2D eigenvalue weighted by atomic mass is 10.2. The highest BCUT2D eigenvalue weighted by Crippen LogP contribution is 2.25. The van der Waals surface area contributed by atoms with Gasteiger partial charge in [-0.3, -0.25) is 20.2 Å². The Labute approximate surface area is 122 Å². The number of rotatable bonds is 4. The zero-order valence-corrected chi connectivity index (χ0v) is 11.9. The SMILES string of the molecule is CCc1nnc(NC(=O)c2ccc([N+](=O)[O-])c(Cl)c2)s1. The molecule has 0 saturated heterocycles. The van der Waals surface area contributed by atoms with E-state index in [1.54, 1.807) is 0 Å². The molecule has 1 aromatic heterocycles. The Morgan fingerprint density at radius 2 is 2.25 bits per heavy atom. The molecule has 0 unspecified atom stereocenters. The van der Waals surface area contributed by atoms with Gasteiger partial charge in [-0.2, -0.15) is 0 Å². The molecule has 7 nitrogen and oxygen atoms in total. The average molecular weight is 313 g/mol. The molecule has 1 aromatic carbocycles. The number of hydrogen-bond donors (Lipinski definition) is 1. The number of carbonyl (C=O) groups excluding carboxylic acids is 1. The zero-order valence-electron chi connectivity index (χ0n) is 10.3. The van der Waals surface area contributed by atoms with Crippen molar-refractivity contribution in [3.05, 3.63) is 43.9 Å². The highest BCUT2D eigenvalue weighted by Gasteiger charge is 2.16. The van der Waals surface area contributed by atoms with Crippen molar-refractivity contribution in [3.8, 4) is 0 Å². The average Bonchev–Trinajstić information content (AvgIpc) is 2.85. The fourth-order valence-electron chi connectivity index (χ4n) is 1.41. The second-order valence-electron chi connectivity index (χ2n) is 3.73. The highest BCUT2D eigenvalue weighted by molar-refractivity contribution is 7.15. The van der Waals surface area contributed by atoms with Crippen LogP contribution in [0.5, 0.6) is 0 Å². The van der Waals surface area contributed by atoms with Crippen LogP contribution in [0.4, 0.5) is 10.8 Å². The van der Waals surface area contributed by atoms with Gasteiger partial charge in [0.2, 0.25) is 5.13 Å². The molecule has 0 aliphatic carbocycles. The summed E-state index contributed by atoms with van der Waals surface area (Å²) in [4.78, 5) is 22.0. The minimum Gasteiger partial charge on any atom is -0.296 e. The summed E-state index contributed by atoms with van der Waals surface area (Å²) in [7, 11) is 0. The predicted molar refractivity (Wildman–Crippen MR) is 75.3 cm³/mol. The molecule has 0 fully saturated rings. The van der Waals surface area contributed by atoms with Crippen molar-refractivity contribution in [1.82, 2.24) is 10.2 Å². The number of nitrogens with one attached hydrogen (secondary N) is 1. The Morgan fingerprint density at radius 1 is 1.50 bits per heavy atom. The Bertz CT molecular complexity index is 673. The van der Waals surface area contributed by atoms with Crippen LogP contribution in [0.15, 0.2) is 18.2 Å². The van der Waals surface area contributed by atoms with E-state index in [4.69, 9.17) is 11.6 Å². The monoisotopic (exact) mass is 312 g/mol. The van der Waals surface area contributed by atoms with Crippen molar-refractivity contribution in [2.75, 3.05) is 5.32 Å². The summed E-state index contributed by atoms with van der Waals surface area (Å²) in [6, 6.07) is 3.77. The van der Waals surface area contributed by atoms with E-state index >= 15 is 0 Å². The predicted octanol–water partition coefficient (Wildman–Crippen LogP) is 2.91. The molecular formula is C11H9ClN4O3S. The molecule has 0 radical (unpaired) electrons. The third-order valence-electron chi connectivity index (χ3n) is 2.40. The number of aromatic nitrogens is 2. The molecule has 2 aromatic rings. The molecular weight excluding hydrogens is 304 g/mol. The van der Waals surface area contributed by atoms with Gasteiger partial charge >= 0.3 is 0 Å². The Morgan fingerprint density at radius 3 is 2.80 bits per heavy atom. The number of hydrogen-bond acceptors (Lipinski definition) is 6. The van der Waals surface area contributed by atoms with Gasteiger partial charge in [0.1, 0.15) is 10.0 Å². The van der Waals surface area contributed by atoms with Crippen LogP contribution in [0.1, 0.15) is 22.3 Å². The molecule has 1 amide bonds. The van der Waals surface area contributed by atoms with E-state index in [2.05, 4.69) is 15.5 Å². The van der Waals surface area contributed by atoms with Crippen molar-refractivity contribution in [3.63, 3.8) is 0 Å². The van der Waals surface area contributed by atoms with Gasteiger partial charge in [-0.25, -0.2) is 0 Å². The van der Waals surface area contributed by atoms with Crippen LogP contribution in [-0.2, 0) is 6.42 Å². The number of nitro benzene ring substituents is 1. The third kappa shape index (κ3) is 3.09. The Kier molecular flexibility index (Phi) is 4.26. The number of anilines is 1. The molecule has 1 heterocycles. The lowest BCUT2D eigenvalue weighted by Crippen LogP contribution is -2.11. The van der Waals surface area contributed by atoms with Gasteiger partial charge in [-0.05, 0) is 18.6 Å². The fourth-order valence-corrected chi connectivity index (χ4v) is 2.34. The van der Waals surface area contributed by atoms with E-state index in [0.717, 1.165) is 11.4 Å². The van der Waals surface area contributed by atoms with Crippen LogP contribution < -0.4 is 5.32 Å². The molecule has 104 valence electrons. The maximum absolute atomic E-state index is 11.9. The minimum atomic E-state index is -0.609. The van der Waals surface area contributed by atoms with Crippen molar-refractivity contribution in [2.45, 2.75) is 13.3 Å². The van der Waals surface area contributed by atoms with Crippen LogP contribution in [0.3, 0.4) is 0 Å². The van der Waals surface area contributed by atoms with Gasteiger partial charge in [0, 0.05) is 11.6 Å². The van der Waals surface area contributed by atoms with Crippen molar-refractivity contribution < 1.29 is 9.72 Å². The molecule has 0 bridgehead atoms. The first-order chi connectivity index (χ1) is 9.51. The van der Waals surface area contributed by atoms with Crippen LogP contribution >= 0.6 is 22.9 Å². The minimum absolute atomic E-state index is 0.0887. The topological polar surface area (TPSA) is 98.0 Å². The molecule has 0 atom stereocenters. The standard InChI is InChI=1S/C11H9ClN4O3S/c1-2-9-14-15-11(20-9)13-10(17)6-3-4-8(16(18)19)7(12)5-6/h3-5H,2H2,1H3,(H,13,15,17). The molecule has 20 heavy (non-hydrogen) atoms. The van der Waals surface area contributed by atoms with Crippen LogP contribution in [0.2, 0.25) is 5.02 Å². The number of carbonyl (C=O) groups is 1. The van der Waals surface area contributed by atoms with Gasteiger partial charge in [0.05, 0.1) is 4.92 Å². The van der Waals surface area contributed by atoms with E-state index in [9.17, 15) is 14.9 Å². The number of aryl methyl sites for hydroxylation is 1. The molecule has 9 heteroatoms. The molecule has 0 spiro atoms. The van der Waals surface area contributed by atoms with E-state index in [-0.39, 0.29) is 16.3 Å².